The van der Waals surface area contributed by atoms with E-state index in [1.54, 1.807) is 28.9 Å². The van der Waals surface area contributed by atoms with Crippen molar-refractivity contribution < 1.29 is 18.0 Å². The van der Waals surface area contributed by atoms with Crippen molar-refractivity contribution in [1.29, 1.82) is 0 Å². The number of pyridine rings is 1. The minimum Gasteiger partial charge on any atom is -0.322 e. The van der Waals surface area contributed by atoms with E-state index in [0.29, 0.717) is 5.69 Å². The topological polar surface area (TPSA) is 72.7 Å². The summed E-state index contributed by atoms with van der Waals surface area (Å²) in [6.07, 6.45) is -0.719. The first kappa shape index (κ1) is 15.7. The summed E-state index contributed by atoms with van der Waals surface area (Å²) in [5.41, 5.74) is 0.227. The highest BCUT2D eigenvalue weighted by Crippen LogP contribution is 2.27. The highest BCUT2D eigenvalue weighted by atomic mass is 19.4. The summed E-state index contributed by atoms with van der Waals surface area (Å²) in [6.45, 7) is 0. The third kappa shape index (κ3) is 3.40. The number of benzene rings is 1. The lowest BCUT2D eigenvalue weighted by molar-refractivity contribution is -0.141. The van der Waals surface area contributed by atoms with Crippen molar-refractivity contribution >= 4 is 11.6 Å². The van der Waals surface area contributed by atoms with Crippen molar-refractivity contribution in [1.82, 2.24) is 19.7 Å². The van der Waals surface area contributed by atoms with Crippen LogP contribution in [0.4, 0.5) is 18.9 Å². The van der Waals surface area contributed by atoms with E-state index in [1.807, 2.05) is 0 Å². The molecule has 24 heavy (non-hydrogen) atoms. The number of hydrogen-bond acceptors (Lipinski definition) is 4. The highest BCUT2D eigenvalue weighted by molar-refractivity contribution is 6.04. The lowest BCUT2D eigenvalue weighted by Crippen LogP contribution is -2.14. The quantitative estimate of drug-likeness (QED) is 0.800. The summed E-state index contributed by atoms with van der Waals surface area (Å²) in [7, 11) is 0. The second-order valence-corrected chi connectivity index (χ2v) is 4.77. The molecule has 1 amide bonds. The number of aromatic nitrogens is 4. The molecule has 0 saturated carbocycles. The van der Waals surface area contributed by atoms with Crippen LogP contribution in [0.3, 0.4) is 0 Å². The van der Waals surface area contributed by atoms with Gasteiger partial charge in [0, 0.05) is 11.9 Å². The summed E-state index contributed by atoms with van der Waals surface area (Å²) in [5, 5.41) is 6.55. The highest BCUT2D eigenvalue weighted by Gasteiger charge is 2.32. The number of anilines is 1. The molecule has 2 heterocycles. The summed E-state index contributed by atoms with van der Waals surface area (Å²) in [4.78, 5) is 19.1. The van der Waals surface area contributed by atoms with Crippen molar-refractivity contribution in [2.24, 2.45) is 0 Å². The van der Waals surface area contributed by atoms with Crippen LogP contribution in [0.5, 0.6) is 0 Å². The van der Waals surface area contributed by atoms with Crippen LogP contribution in [0, 0.1) is 0 Å². The summed E-state index contributed by atoms with van der Waals surface area (Å²) in [5.74, 6) is -0.551. The van der Waals surface area contributed by atoms with Crippen LogP contribution in [0.1, 0.15) is 16.1 Å². The predicted molar refractivity (Wildman–Crippen MR) is 78.6 cm³/mol. The molecule has 0 aliphatic rings. The molecule has 0 bridgehead atoms. The van der Waals surface area contributed by atoms with Crippen LogP contribution in [-0.2, 0) is 6.18 Å². The van der Waals surface area contributed by atoms with Gasteiger partial charge < -0.3 is 5.32 Å². The molecule has 9 heteroatoms. The van der Waals surface area contributed by atoms with Gasteiger partial charge in [0.25, 0.3) is 5.91 Å². The Morgan fingerprint density at radius 1 is 1.08 bits per heavy atom. The number of hydrogen-bond donors (Lipinski definition) is 1. The largest absolute Gasteiger partial charge is 0.433 e. The zero-order valence-corrected chi connectivity index (χ0v) is 12.0. The number of halogens is 3. The van der Waals surface area contributed by atoms with Gasteiger partial charge in [-0.25, -0.2) is 9.67 Å². The minimum absolute atomic E-state index is 0.0309. The Labute approximate surface area is 134 Å². The van der Waals surface area contributed by atoms with Crippen LogP contribution < -0.4 is 5.32 Å². The summed E-state index contributed by atoms with van der Waals surface area (Å²) in [6, 6.07) is 8.57. The molecule has 0 atom stereocenters. The zero-order chi connectivity index (χ0) is 17.2. The number of amides is 1. The number of alkyl halides is 3. The normalized spacial score (nSPS) is 11.3. The summed E-state index contributed by atoms with van der Waals surface area (Å²) >= 11 is 0. The van der Waals surface area contributed by atoms with E-state index >= 15 is 0 Å². The summed E-state index contributed by atoms with van der Waals surface area (Å²) < 4.78 is 38.9. The molecular weight excluding hydrogens is 323 g/mol. The second-order valence-electron chi connectivity index (χ2n) is 4.77. The Morgan fingerprint density at radius 3 is 2.38 bits per heavy atom. The fourth-order valence-electron chi connectivity index (χ4n) is 1.94. The average Bonchev–Trinajstić information content (AvgIpc) is 3.09. The standard InChI is InChI=1S/C15H10F3N5O/c16-15(17,18)13-6-1-10(7-20-13)14(24)22-11-2-4-12(5-3-11)23-9-19-8-21-23/h1-9H,(H,22,24). The molecule has 0 saturated heterocycles. The Balaban J connectivity index is 1.70. The molecule has 122 valence electrons. The molecular formula is C15H10F3N5O. The molecule has 0 unspecified atom stereocenters. The van der Waals surface area contributed by atoms with E-state index in [-0.39, 0.29) is 5.56 Å². The number of carbonyl (C=O) groups excluding carboxylic acids is 1. The van der Waals surface area contributed by atoms with Gasteiger partial charge in [-0.05, 0) is 36.4 Å². The van der Waals surface area contributed by atoms with Crippen molar-refractivity contribution in [3.8, 4) is 5.69 Å². The molecule has 3 rings (SSSR count). The molecule has 6 nitrogen and oxygen atoms in total. The first-order valence-electron chi connectivity index (χ1n) is 6.73. The van der Waals surface area contributed by atoms with Crippen molar-refractivity contribution in [3.63, 3.8) is 0 Å². The maximum absolute atomic E-state index is 12.4. The van der Waals surface area contributed by atoms with Gasteiger partial charge in [-0.2, -0.15) is 18.3 Å². The van der Waals surface area contributed by atoms with E-state index in [9.17, 15) is 18.0 Å². The number of nitrogens with one attached hydrogen (secondary N) is 1. The fourth-order valence-corrected chi connectivity index (χ4v) is 1.94. The third-order valence-corrected chi connectivity index (χ3v) is 3.12. The molecule has 1 aromatic carbocycles. The lowest BCUT2D eigenvalue weighted by atomic mass is 10.2. The molecule has 0 spiro atoms. The Morgan fingerprint density at radius 2 is 1.83 bits per heavy atom. The lowest BCUT2D eigenvalue weighted by Gasteiger charge is -2.08. The smallest absolute Gasteiger partial charge is 0.322 e. The zero-order valence-electron chi connectivity index (χ0n) is 12.0. The molecule has 0 fully saturated rings. The Bertz CT molecular complexity index is 827. The van der Waals surface area contributed by atoms with E-state index < -0.39 is 17.8 Å². The minimum atomic E-state index is -4.54. The maximum atomic E-state index is 12.4. The van der Waals surface area contributed by atoms with Crippen molar-refractivity contribution in [2.45, 2.75) is 6.18 Å². The number of nitrogens with zero attached hydrogens (tertiary/aromatic N) is 4. The van der Waals surface area contributed by atoms with Gasteiger partial charge in [-0.1, -0.05) is 0 Å². The van der Waals surface area contributed by atoms with Gasteiger partial charge in [0.2, 0.25) is 0 Å². The van der Waals surface area contributed by atoms with Gasteiger partial charge in [0.1, 0.15) is 18.3 Å². The average molecular weight is 333 g/mol. The van der Waals surface area contributed by atoms with Crippen LogP contribution in [0.15, 0.2) is 55.2 Å². The van der Waals surface area contributed by atoms with Crippen LogP contribution in [0.2, 0.25) is 0 Å². The Kier molecular flexibility index (Phi) is 3.98. The van der Waals surface area contributed by atoms with Gasteiger partial charge in [-0.15, -0.1) is 0 Å². The predicted octanol–water partition coefficient (Wildman–Crippen LogP) is 2.93. The second kappa shape index (κ2) is 6.11. The SMILES string of the molecule is O=C(Nc1ccc(-n2cncn2)cc1)c1ccc(C(F)(F)F)nc1. The van der Waals surface area contributed by atoms with E-state index in [0.717, 1.165) is 24.0 Å². The Hall–Kier alpha value is -3.23. The van der Waals surface area contributed by atoms with E-state index in [1.165, 1.54) is 12.7 Å². The third-order valence-electron chi connectivity index (χ3n) is 3.12. The maximum Gasteiger partial charge on any atom is 0.433 e. The van der Waals surface area contributed by atoms with Crippen LogP contribution in [0.25, 0.3) is 5.69 Å². The van der Waals surface area contributed by atoms with E-state index in [2.05, 4.69) is 20.4 Å². The number of rotatable bonds is 3. The van der Waals surface area contributed by atoms with Crippen molar-refractivity contribution in [2.75, 3.05) is 5.32 Å². The molecule has 3 aromatic rings. The first-order chi connectivity index (χ1) is 11.4. The van der Waals surface area contributed by atoms with Gasteiger partial charge >= 0.3 is 6.18 Å². The van der Waals surface area contributed by atoms with Gasteiger partial charge in [0.15, 0.2) is 0 Å². The monoisotopic (exact) mass is 333 g/mol. The van der Waals surface area contributed by atoms with Gasteiger partial charge in [-0.3, -0.25) is 9.78 Å². The molecule has 2 aromatic heterocycles. The van der Waals surface area contributed by atoms with Crippen molar-refractivity contribution in [3.05, 3.63) is 66.5 Å². The van der Waals surface area contributed by atoms with Gasteiger partial charge in [0.05, 0.1) is 11.3 Å². The number of carbonyl (C=O) groups is 1. The molecule has 0 radical (unpaired) electrons. The molecule has 0 aliphatic heterocycles. The fraction of sp³-hybridized carbons (Fsp3) is 0.0667. The molecule has 1 N–H and O–H groups in total. The van der Waals surface area contributed by atoms with Crippen LogP contribution >= 0.6 is 0 Å². The first-order valence-corrected chi connectivity index (χ1v) is 6.73. The molecule has 0 aliphatic carbocycles. The van der Waals surface area contributed by atoms with Crippen LogP contribution in [-0.4, -0.2) is 25.7 Å². The van der Waals surface area contributed by atoms with E-state index in [4.69, 9.17) is 0 Å².